The van der Waals surface area contributed by atoms with Gasteiger partial charge in [-0.3, -0.25) is 4.79 Å². The standard InChI is InChI=1S/C18H26N2O/c19-17(21)18(11-5-1-6-12-18)15-9-3-4-10-16(15)20-13-7-2-8-14-20/h3-4,9-10H,1-2,5-8,11-14H2,(H2,19,21). The molecule has 0 radical (unpaired) electrons. The van der Waals surface area contributed by atoms with Crippen LogP contribution >= 0.6 is 0 Å². The monoisotopic (exact) mass is 286 g/mol. The Morgan fingerprint density at radius 1 is 0.952 bits per heavy atom. The van der Waals surface area contributed by atoms with Crippen LogP contribution in [0.2, 0.25) is 0 Å². The van der Waals surface area contributed by atoms with Crippen molar-refractivity contribution in [1.82, 2.24) is 0 Å². The Hall–Kier alpha value is -1.51. The van der Waals surface area contributed by atoms with Gasteiger partial charge in [0.15, 0.2) is 0 Å². The highest BCUT2D eigenvalue weighted by molar-refractivity contribution is 5.89. The predicted molar refractivity (Wildman–Crippen MR) is 86.5 cm³/mol. The Bertz CT molecular complexity index is 500. The fourth-order valence-corrected chi connectivity index (χ4v) is 4.09. The molecule has 3 heteroatoms. The molecule has 114 valence electrons. The second kappa shape index (κ2) is 6.08. The number of hydrogen-bond acceptors (Lipinski definition) is 2. The van der Waals surface area contributed by atoms with Gasteiger partial charge >= 0.3 is 0 Å². The van der Waals surface area contributed by atoms with Gasteiger partial charge in [0, 0.05) is 18.8 Å². The molecule has 2 fully saturated rings. The summed E-state index contributed by atoms with van der Waals surface area (Å²) in [6.45, 7) is 2.21. The van der Waals surface area contributed by atoms with Crippen molar-refractivity contribution in [1.29, 1.82) is 0 Å². The molecule has 1 aliphatic heterocycles. The number of carbonyl (C=O) groups is 1. The van der Waals surface area contributed by atoms with Gasteiger partial charge in [-0.2, -0.15) is 0 Å². The molecule has 2 aliphatic rings. The van der Waals surface area contributed by atoms with Gasteiger partial charge in [-0.05, 0) is 43.7 Å². The van der Waals surface area contributed by atoms with Crippen LogP contribution in [0.5, 0.6) is 0 Å². The lowest BCUT2D eigenvalue weighted by atomic mass is 9.68. The van der Waals surface area contributed by atoms with E-state index in [9.17, 15) is 4.79 Å². The average Bonchev–Trinajstić information content (AvgIpc) is 2.56. The number of amides is 1. The summed E-state index contributed by atoms with van der Waals surface area (Å²) in [7, 11) is 0. The zero-order valence-corrected chi connectivity index (χ0v) is 12.8. The zero-order chi connectivity index (χ0) is 14.7. The number of nitrogens with zero attached hydrogens (tertiary/aromatic N) is 1. The third-order valence-electron chi connectivity index (χ3n) is 5.30. The second-order valence-corrected chi connectivity index (χ2v) is 6.57. The van der Waals surface area contributed by atoms with E-state index in [-0.39, 0.29) is 5.91 Å². The minimum atomic E-state index is -0.438. The average molecular weight is 286 g/mol. The van der Waals surface area contributed by atoms with Crippen molar-refractivity contribution >= 4 is 11.6 Å². The van der Waals surface area contributed by atoms with Crippen LogP contribution in [0.15, 0.2) is 24.3 Å². The van der Waals surface area contributed by atoms with Crippen molar-refractivity contribution in [2.24, 2.45) is 5.73 Å². The molecular weight excluding hydrogens is 260 g/mol. The van der Waals surface area contributed by atoms with E-state index in [2.05, 4.69) is 29.2 Å². The minimum absolute atomic E-state index is 0.133. The van der Waals surface area contributed by atoms with E-state index < -0.39 is 5.41 Å². The summed E-state index contributed by atoms with van der Waals surface area (Å²) in [4.78, 5) is 14.8. The molecule has 3 rings (SSSR count). The lowest BCUT2D eigenvalue weighted by molar-refractivity contribution is -0.124. The van der Waals surface area contributed by atoms with Crippen molar-refractivity contribution in [3.63, 3.8) is 0 Å². The molecule has 21 heavy (non-hydrogen) atoms. The van der Waals surface area contributed by atoms with Crippen LogP contribution in [0, 0.1) is 0 Å². The van der Waals surface area contributed by atoms with Crippen LogP contribution in [0.3, 0.4) is 0 Å². The van der Waals surface area contributed by atoms with E-state index in [1.54, 1.807) is 0 Å². The van der Waals surface area contributed by atoms with Gasteiger partial charge in [0.05, 0.1) is 5.41 Å². The van der Waals surface area contributed by atoms with E-state index in [0.29, 0.717) is 0 Å². The first kappa shape index (κ1) is 14.4. The lowest BCUT2D eigenvalue weighted by Crippen LogP contribution is -2.44. The molecule has 0 unspecified atom stereocenters. The van der Waals surface area contributed by atoms with Gasteiger partial charge in [0.2, 0.25) is 5.91 Å². The summed E-state index contributed by atoms with van der Waals surface area (Å²) in [5.74, 6) is -0.133. The van der Waals surface area contributed by atoms with E-state index in [0.717, 1.165) is 38.8 Å². The summed E-state index contributed by atoms with van der Waals surface area (Å²) in [5.41, 5.74) is 7.86. The molecule has 1 heterocycles. The fraction of sp³-hybridized carbons (Fsp3) is 0.611. The van der Waals surface area contributed by atoms with Crippen molar-refractivity contribution in [2.45, 2.75) is 56.8 Å². The number of benzene rings is 1. The molecule has 1 aromatic rings. The van der Waals surface area contributed by atoms with Crippen LogP contribution < -0.4 is 10.6 Å². The van der Waals surface area contributed by atoms with Crippen LogP contribution in [-0.4, -0.2) is 19.0 Å². The Labute approximate surface area is 127 Å². The maximum Gasteiger partial charge on any atom is 0.228 e. The predicted octanol–water partition coefficient (Wildman–Crippen LogP) is 3.36. The molecule has 0 spiro atoms. The van der Waals surface area contributed by atoms with Gasteiger partial charge in [-0.25, -0.2) is 0 Å². The molecule has 1 aliphatic carbocycles. The zero-order valence-electron chi connectivity index (χ0n) is 12.8. The smallest absolute Gasteiger partial charge is 0.228 e. The van der Waals surface area contributed by atoms with Crippen molar-refractivity contribution in [3.05, 3.63) is 29.8 Å². The number of primary amides is 1. The third-order valence-corrected chi connectivity index (χ3v) is 5.30. The first-order valence-electron chi connectivity index (χ1n) is 8.38. The molecule has 0 aromatic heterocycles. The van der Waals surface area contributed by atoms with Crippen LogP contribution in [0.25, 0.3) is 0 Å². The largest absolute Gasteiger partial charge is 0.371 e. The maximum atomic E-state index is 12.3. The number of nitrogens with two attached hydrogens (primary N) is 1. The van der Waals surface area contributed by atoms with Gasteiger partial charge in [-0.1, -0.05) is 37.5 Å². The van der Waals surface area contributed by atoms with Gasteiger partial charge in [0.25, 0.3) is 0 Å². The van der Waals surface area contributed by atoms with E-state index in [1.165, 1.54) is 36.9 Å². The van der Waals surface area contributed by atoms with E-state index in [1.807, 2.05) is 0 Å². The first-order chi connectivity index (χ1) is 10.2. The highest BCUT2D eigenvalue weighted by Crippen LogP contribution is 2.43. The van der Waals surface area contributed by atoms with Gasteiger partial charge in [0.1, 0.15) is 0 Å². The van der Waals surface area contributed by atoms with Crippen LogP contribution in [-0.2, 0) is 10.2 Å². The summed E-state index contributed by atoms with van der Waals surface area (Å²) in [5, 5.41) is 0. The highest BCUT2D eigenvalue weighted by atomic mass is 16.1. The van der Waals surface area contributed by atoms with Crippen molar-refractivity contribution < 1.29 is 4.79 Å². The Morgan fingerprint density at radius 3 is 2.24 bits per heavy atom. The van der Waals surface area contributed by atoms with Crippen molar-refractivity contribution in [2.75, 3.05) is 18.0 Å². The number of piperidine rings is 1. The van der Waals surface area contributed by atoms with E-state index >= 15 is 0 Å². The highest BCUT2D eigenvalue weighted by Gasteiger charge is 2.41. The fourth-order valence-electron chi connectivity index (χ4n) is 4.09. The van der Waals surface area contributed by atoms with Gasteiger partial charge in [-0.15, -0.1) is 0 Å². The Morgan fingerprint density at radius 2 is 1.57 bits per heavy atom. The number of para-hydroxylation sites is 1. The molecular formula is C18H26N2O. The topological polar surface area (TPSA) is 46.3 Å². The molecule has 0 atom stereocenters. The number of rotatable bonds is 3. The molecule has 0 bridgehead atoms. The lowest BCUT2D eigenvalue weighted by Gasteiger charge is -2.39. The second-order valence-electron chi connectivity index (χ2n) is 6.57. The molecule has 1 saturated heterocycles. The first-order valence-corrected chi connectivity index (χ1v) is 8.38. The molecule has 1 aromatic carbocycles. The molecule has 2 N–H and O–H groups in total. The SMILES string of the molecule is NC(=O)C1(c2ccccc2N2CCCCC2)CCCCC1. The quantitative estimate of drug-likeness (QED) is 0.926. The Balaban J connectivity index is 2.01. The summed E-state index contributed by atoms with van der Waals surface area (Å²) < 4.78 is 0. The summed E-state index contributed by atoms with van der Waals surface area (Å²) in [6, 6.07) is 8.47. The minimum Gasteiger partial charge on any atom is -0.371 e. The third kappa shape index (κ3) is 2.66. The number of anilines is 1. The van der Waals surface area contributed by atoms with Crippen molar-refractivity contribution in [3.8, 4) is 0 Å². The summed E-state index contributed by atoms with van der Waals surface area (Å²) in [6.07, 6.45) is 9.07. The van der Waals surface area contributed by atoms with Crippen LogP contribution in [0.4, 0.5) is 5.69 Å². The molecule has 1 amide bonds. The number of hydrogen-bond donors (Lipinski definition) is 1. The maximum absolute atomic E-state index is 12.3. The van der Waals surface area contributed by atoms with E-state index in [4.69, 9.17) is 5.73 Å². The molecule has 1 saturated carbocycles. The normalized spacial score (nSPS) is 22.0. The van der Waals surface area contributed by atoms with Gasteiger partial charge < -0.3 is 10.6 Å². The Kier molecular flexibility index (Phi) is 4.18. The number of carbonyl (C=O) groups excluding carboxylic acids is 1. The molecule has 3 nitrogen and oxygen atoms in total. The summed E-state index contributed by atoms with van der Waals surface area (Å²) >= 11 is 0. The van der Waals surface area contributed by atoms with Crippen LogP contribution in [0.1, 0.15) is 56.9 Å².